The molecule has 1 aromatic heterocycles. The Hall–Kier alpha value is -2.13. The molecule has 90 valence electrons. The second-order valence-corrected chi connectivity index (χ2v) is 4.19. The minimum Gasteiger partial charge on any atom is -0.439 e. The summed E-state index contributed by atoms with van der Waals surface area (Å²) in [5.41, 5.74) is 4.09. The van der Waals surface area contributed by atoms with Gasteiger partial charge in [0.2, 0.25) is 5.89 Å². The van der Waals surface area contributed by atoms with Gasteiger partial charge in [0.15, 0.2) is 5.58 Å². The second-order valence-electron chi connectivity index (χ2n) is 4.19. The molecule has 0 aliphatic rings. The summed E-state index contributed by atoms with van der Waals surface area (Å²) >= 11 is 0. The van der Waals surface area contributed by atoms with Crippen molar-refractivity contribution in [3.05, 3.63) is 54.4 Å². The van der Waals surface area contributed by atoms with Gasteiger partial charge in [-0.1, -0.05) is 36.4 Å². The number of nitrogens with zero attached hydrogens (tertiary/aromatic N) is 1. The number of oxazole rings is 1. The highest BCUT2D eigenvalue weighted by atomic mass is 16.3. The smallest absolute Gasteiger partial charge is 0.209 e. The molecule has 0 unspecified atom stereocenters. The van der Waals surface area contributed by atoms with E-state index >= 15 is 0 Å². The average Bonchev–Trinajstić information content (AvgIpc) is 2.81. The van der Waals surface area contributed by atoms with Crippen molar-refractivity contribution in [1.82, 2.24) is 10.3 Å². The second kappa shape index (κ2) is 4.63. The Bertz CT molecular complexity index is 659. The lowest BCUT2D eigenvalue weighted by Gasteiger charge is -1.99. The number of benzene rings is 2. The normalized spacial score (nSPS) is 10.9. The molecule has 3 rings (SSSR count). The maximum Gasteiger partial charge on any atom is 0.209 e. The summed E-state index contributed by atoms with van der Waals surface area (Å²) in [6, 6.07) is 16.4. The van der Waals surface area contributed by atoms with Crippen molar-refractivity contribution in [2.45, 2.75) is 6.54 Å². The summed E-state index contributed by atoms with van der Waals surface area (Å²) < 4.78 is 5.63. The molecule has 0 radical (unpaired) electrons. The predicted octanol–water partition coefficient (Wildman–Crippen LogP) is 3.21. The van der Waals surface area contributed by atoms with E-state index in [2.05, 4.69) is 34.6 Å². The molecule has 2 aromatic carbocycles. The van der Waals surface area contributed by atoms with Gasteiger partial charge < -0.3 is 9.73 Å². The number of rotatable bonds is 3. The monoisotopic (exact) mass is 238 g/mol. The molecular formula is C15H14N2O. The lowest BCUT2D eigenvalue weighted by atomic mass is 10.1. The van der Waals surface area contributed by atoms with Gasteiger partial charge in [0.25, 0.3) is 0 Å². The van der Waals surface area contributed by atoms with E-state index in [-0.39, 0.29) is 0 Å². The topological polar surface area (TPSA) is 38.1 Å². The van der Waals surface area contributed by atoms with E-state index in [0.29, 0.717) is 6.54 Å². The first kappa shape index (κ1) is 11.0. The van der Waals surface area contributed by atoms with Gasteiger partial charge in [0.1, 0.15) is 5.52 Å². The Labute approximate surface area is 105 Å². The van der Waals surface area contributed by atoms with E-state index in [0.717, 1.165) is 22.6 Å². The zero-order valence-corrected chi connectivity index (χ0v) is 10.2. The molecule has 0 aliphatic heterocycles. The number of aromatic nitrogens is 1. The van der Waals surface area contributed by atoms with E-state index in [1.54, 1.807) is 0 Å². The van der Waals surface area contributed by atoms with Crippen molar-refractivity contribution in [1.29, 1.82) is 0 Å². The third kappa shape index (κ3) is 2.00. The third-order valence-corrected chi connectivity index (χ3v) is 2.87. The molecule has 1 N–H and O–H groups in total. The van der Waals surface area contributed by atoms with Crippen LogP contribution in [0.5, 0.6) is 0 Å². The number of nitrogens with one attached hydrogen (secondary N) is 1. The summed E-state index contributed by atoms with van der Waals surface area (Å²) in [4.78, 5) is 4.46. The van der Waals surface area contributed by atoms with Crippen LogP contribution < -0.4 is 5.32 Å². The minimum absolute atomic E-state index is 0.648. The average molecular weight is 238 g/mol. The van der Waals surface area contributed by atoms with Crippen molar-refractivity contribution in [2.75, 3.05) is 7.05 Å². The van der Waals surface area contributed by atoms with Crippen molar-refractivity contribution < 1.29 is 4.42 Å². The van der Waals surface area contributed by atoms with E-state index in [9.17, 15) is 0 Å². The molecule has 0 bridgehead atoms. The summed E-state index contributed by atoms with van der Waals surface area (Å²) in [5, 5.41) is 3.03. The van der Waals surface area contributed by atoms with Gasteiger partial charge in [-0.15, -0.1) is 0 Å². The highest BCUT2D eigenvalue weighted by Crippen LogP contribution is 2.24. The molecule has 3 heteroatoms. The summed E-state index contributed by atoms with van der Waals surface area (Å²) in [7, 11) is 1.88. The fourth-order valence-corrected chi connectivity index (χ4v) is 2.01. The number of hydrogen-bond acceptors (Lipinski definition) is 3. The first-order valence-electron chi connectivity index (χ1n) is 5.96. The van der Waals surface area contributed by atoms with Crippen molar-refractivity contribution in [3.8, 4) is 11.1 Å². The zero-order valence-electron chi connectivity index (χ0n) is 10.2. The highest BCUT2D eigenvalue weighted by Gasteiger charge is 2.06. The van der Waals surface area contributed by atoms with E-state index in [1.807, 2.05) is 31.3 Å². The van der Waals surface area contributed by atoms with Crippen molar-refractivity contribution in [3.63, 3.8) is 0 Å². The Morgan fingerprint density at radius 2 is 1.89 bits per heavy atom. The molecule has 0 spiro atoms. The van der Waals surface area contributed by atoms with Gasteiger partial charge in [-0.25, -0.2) is 4.98 Å². The van der Waals surface area contributed by atoms with Gasteiger partial charge in [-0.2, -0.15) is 0 Å². The Morgan fingerprint density at radius 1 is 1.06 bits per heavy atom. The quantitative estimate of drug-likeness (QED) is 0.761. The first-order chi connectivity index (χ1) is 8.86. The molecule has 3 nitrogen and oxygen atoms in total. The Balaban J connectivity index is 2.05. The van der Waals surface area contributed by atoms with Gasteiger partial charge in [-0.05, 0) is 30.3 Å². The van der Waals surface area contributed by atoms with Crippen molar-refractivity contribution >= 4 is 11.1 Å². The highest BCUT2D eigenvalue weighted by molar-refractivity contribution is 5.80. The van der Waals surface area contributed by atoms with Crippen LogP contribution in [0.2, 0.25) is 0 Å². The lowest BCUT2D eigenvalue weighted by molar-refractivity contribution is 0.511. The Kier molecular flexibility index (Phi) is 2.82. The number of hydrogen-bond donors (Lipinski definition) is 1. The maximum absolute atomic E-state index is 5.63. The van der Waals surface area contributed by atoms with Crippen LogP contribution in [-0.2, 0) is 6.54 Å². The molecule has 1 heterocycles. The van der Waals surface area contributed by atoms with E-state index in [4.69, 9.17) is 4.42 Å². The lowest BCUT2D eigenvalue weighted by Crippen LogP contribution is -2.04. The molecule has 0 atom stereocenters. The van der Waals surface area contributed by atoms with Crippen LogP contribution in [0.4, 0.5) is 0 Å². The maximum atomic E-state index is 5.63. The molecule has 0 saturated heterocycles. The van der Waals surface area contributed by atoms with Crippen LogP contribution >= 0.6 is 0 Å². The van der Waals surface area contributed by atoms with Gasteiger partial charge >= 0.3 is 0 Å². The minimum atomic E-state index is 0.648. The summed E-state index contributed by atoms with van der Waals surface area (Å²) in [6.45, 7) is 0.648. The van der Waals surface area contributed by atoms with Gasteiger partial charge in [0, 0.05) is 0 Å². The van der Waals surface area contributed by atoms with Crippen LogP contribution in [0.25, 0.3) is 22.2 Å². The molecule has 0 fully saturated rings. The largest absolute Gasteiger partial charge is 0.439 e. The third-order valence-electron chi connectivity index (χ3n) is 2.87. The zero-order chi connectivity index (χ0) is 12.4. The van der Waals surface area contributed by atoms with Crippen LogP contribution in [0, 0.1) is 0 Å². The predicted molar refractivity (Wildman–Crippen MR) is 72.2 cm³/mol. The fourth-order valence-electron chi connectivity index (χ4n) is 2.01. The molecule has 3 aromatic rings. The Morgan fingerprint density at radius 3 is 2.67 bits per heavy atom. The standard InChI is InChI=1S/C15H14N2O/c1-16-10-15-17-13-9-12(7-8-14(13)18-15)11-5-3-2-4-6-11/h2-9,16H,10H2,1H3. The van der Waals surface area contributed by atoms with E-state index in [1.165, 1.54) is 5.56 Å². The molecule has 0 aliphatic carbocycles. The molecule has 18 heavy (non-hydrogen) atoms. The fraction of sp³-hybridized carbons (Fsp3) is 0.133. The first-order valence-corrected chi connectivity index (χ1v) is 5.96. The van der Waals surface area contributed by atoms with Gasteiger partial charge in [-0.3, -0.25) is 0 Å². The number of fused-ring (bicyclic) bond motifs is 1. The van der Waals surface area contributed by atoms with Crippen LogP contribution in [0.1, 0.15) is 5.89 Å². The molecule has 0 saturated carbocycles. The van der Waals surface area contributed by atoms with Crippen LogP contribution in [0.3, 0.4) is 0 Å². The SMILES string of the molecule is CNCc1nc2cc(-c3ccccc3)ccc2o1. The molecular weight excluding hydrogens is 224 g/mol. The van der Waals surface area contributed by atoms with Crippen molar-refractivity contribution in [2.24, 2.45) is 0 Å². The van der Waals surface area contributed by atoms with Crippen LogP contribution in [-0.4, -0.2) is 12.0 Å². The van der Waals surface area contributed by atoms with Gasteiger partial charge in [0.05, 0.1) is 6.54 Å². The summed E-state index contributed by atoms with van der Waals surface area (Å²) in [6.07, 6.45) is 0. The van der Waals surface area contributed by atoms with Crippen LogP contribution in [0.15, 0.2) is 52.9 Å². The summed E-state index contributed by atoms with van der Waals surface area (Å²) in [5.74, 6) is 0.720. The van der Waals surface area contributed by atoms with E-state index < -0.39 is 0 Å². The molecule has 0 amide bonds.